The van der Waals surface area contributed by atoms with Crippen LogP contribution in [0.2, 0.25) is 10.2 Å². The Kier molecular flexibility index (Phi) is 3.92. The second kappa shape index (κ2) is 4.75. The molecular weight excluding hydrogens is 213 g/mol. The van der Waals surface area contributed by atoms with Crippen LogP contribution in [0, 0.1) is 0 Å². The van der Waals surface area contributed by atoms with E-state index >= 15 is 0 Å². The molecule has 0 aliphatic heterocycles. The van der Waals surface area contributed by atoms with Crippen LogP contribution >= 0.6 is 35.8 Å². The Morgan fingerprint density at radius 1 is 1.50 bits per heavy atom. The van der Waals surface area contributed by atoms with Crippen molar-refractivity contribution in [1.29, 1.82) is 0 Å². The number of pyridine rings is 1. The molecule has 0 atom stereocenters. The fourth-order valence-corrected chi connectivity index (χ4v) is 1.10. The molecule has 0 spiro atoms. The fourth-order valence-electron chi connectivity index (χ4n) is 0.716. The van der Waals surface area contributed by atoms with Crippen molar-refractivity contribution in [2.45, 2.75) is 0 Å². The summed E-state index contributed by atoms with van der Waals surface area (Å²) in [5, 5.41) is 0.803. The highest BCUT2D eigenvalue weighted by atomic mass is 35.5. The molecule has 12 heavy (non-hydrogen) atoms. The zero-order chi connectivity index (χ0) is 8.97. The molecule has 4 heteroatoms. The van der Waals surface area contributed by atoms with Crippen molar-refractivity contribution in [3.05, 3.63) is 34.1 Å². The Hall–Kier alpha value is -0.180. The third-order valence-electron chi connectivity index (χ3n) is 1.23. The van der Waals surface area contributed by atoms with E-state index in [0.29, 0.717) is 15.9 Å². The number of hydrogen-bond acceptors (Lipinski definition) is 2. The Morgan fingerprint density at radius 2 is 2.25 bits per heavy atom. The van der Waals surface area contributed by atoms with Gasteiger partial charge >= 0.3 is 0 Å². The van der Waals surface area contributed by atoms with Gasteiger partial charge in [0.2, 0.25) is 0 Å². The monoisotopic (exact) mass is 219 g/mol. The van der Waals surface area contributed by atoms with Crippen molar-refractivity contribution in [2.24, 2.45) is 0 Å². The van der Waals surface area contributed by atoms with Crippen molar-refractivity contribution >= 4 is 41.9 Å². The zero-order valence-electron chi connectivity index (χ0n) is 6.17. The number of hydrogen-bond donors (Lipinski definition) is 1. The van der Waals surface area contributed by atoms with Crippen molar-refractivity contribution in [2.75, 3.05) is 5.75 Å². The molecule has 0 aromatic carbocycles. The summed E-state index contributed by atoms with van der Waals surface area (Å²) < 4.78 is 0. The molecule has 0 saturated carbocycles. The Labute approximate surface area is 86.8 Å². The summed E-state index contributed by atoms with van der Waals surface area (Å²) in [5.41, 5.74) is 0.929. The summed E-state index contributed by atoms with van der Waals surface area (Å²) in [6.45, 7) is 0. The lowest BCUT2D eigenvalue weighted by Gasteiger charge is -1.95. The highest BCUT2D eigenvalue weighted by molar-refractivity contribution is 7.80. The van der Waals surface area contributed by atoms with Crippen LogP contribution in [0.3, 0.4) is 0 Å². The third-order valence-corrected chi connectivity index (χ3v) is 2.13. The standard InChI is InChI=1S/C8H7Cl2NS/c9-7-4-6(2-1-3-12)5-11-8(7)10/h1-2,4-5,12H,3H2. The van der Waals surface area contributed by atoms with E-state index in [9.17, 15) is 0 Å². The Bertz CT molecular complexity index is 299. The molecule has 1 rings (SSSR count). The maximum Gasteiger partial charge on any atom is 0.147 e. The van der Waals surface area contributed by atoms with E-state index in [1.165, 1.54) is 0 Å². The van der Waals surface area contributed by atoms with Crippen LogP contribution in [-0.4, -0.2) is 10.7 Å². The first kappa shape index (κ1) is 9.90. The molecule has 0 aliphatic rings. The first-order chi connectivity index (χ1) is 5.74. The second-order valence-electron chi connectivity index (χ2n) is 2.13. The van der Waals surface area contributed by atoms with Gasteiger partial charge in [-0.15, -0.1) is 0 Å². The molecule has 1 heterocycles. The van der Waals surface area contributed by atoms with Crippen LogP contribution in [-0.2, 0) is 0 Å². The van der Waals surface area contributed by atoms with Crippen molar-refractivity contribution in [3.63, 3.8) is 0 Å². The van der Waals surface area contributed by atoms with E-state index in [1.54, 1.807) is 12.3 Å². The quantitative estimate of drug-likeness (QED) is 0.595. The van der Waals surface area contributed by atoms with Gasteiger partial charge in [-0.2, -0.15) is 12.6 Å². The van der Waals surface area contributed by atoms with Crippen LogP contribution in [0.25, 0.3) is 6.08 Å². The lowest BCUT2D eigenvalue weighted by Crippen LogP contribution is -1.79. The van der Waals surface area contributed by atoms with Crippen LogP contribution in [0.4, 0.5) is 0 Å². The minimum Gasteiger partial charge on any atom is -0.242 e. The maximum absolute atomic E-state index is 5.75. The molecule has 1 aromatic heterocycles. The summed E-state index contributed by atoms with van der Waals surface area (Å²) in [6, 6.07) is 1.76. The van der Waals surface area contributed by atoms with Gasteiger partial charge in [-0.05, 0) is 11.6 Å². The lowest BCUT2D eigenvalue weighted by molar-refractivity contribution is 1.32. The van der Waals surface area contributed by atoms with E-state index in [0.717, 1.165) is 5.56 Å². The van der Waals surface area contributed by atoms with E-state index in [1.807, 2.05) is 12.2 Å². The predicted octanol–water partition coefficient (Wildman–Crippen LogP) is 3.33. The molecule has 0 bridgehead atoms. The smallest absolute Gasteiger partial charge is 0.147 e. The van der Waals surface area contributed by atoms with Crippen LogP contribution < -0.4 is 0 Å². The van der Waals surface area contributed by atoms with Gasteiger partial charge in [0.25, 0.3) is 0 Å². The van der Waals surface area contributed by atoms with Gasteiger partial charge in [0, 0.05) is 11.9 Å². The van der Waals surface area contributed by atoms with Crippen LogP contribution in [0.5, 0.6) is 0 Å². The van der Waals surface area contributed by atoms with E-state index in [-0.39, 0.29) is 0 Å². The van der Waals surface area contributed by atoms with Gasteiger partial charge in [0.1, 0.15) is 5.15 Å². The molecule has 0 N–H and O–H groups in total. The van der Waals surface area contributed by atoms with E-state index < -0.39 is 0 Å². The Balaban J connectivity index is 2.89. The lowest BCUT2D eigenvalue weighted by atomic mass is 10.3. The van der Waals surface area contributed by atoms with Crippen LogP contribution in [0.1, 0.15) is 5.56 Å². The third kappa shape index (κ3) is 2.70. The minimum atomic E-state index is 0.333. The van der Waals surface area contributed by atoms with Gasteiger partial charge in [0.15, 0.2) is 0 Å². The maximum atomic E-state index is 5.75. The van der Waals surface area contributed by atoms with Crippen LogP contribution in [0.15, 0.2) is 18.3 Å². The van der Waals surface area contributed by atoms with Gasteiger partial charge in [-0.1, -0.05) is 35.4 Å². The average Bonchev–Trinajstić information content (AvgIpc) is 2.07. The van der Waals surface area contributed by atoms with Crippen molar-refractivity contribution in [1.82, 2.24) is 4.98 Å². The SMILES string of the molecule is SCC=Cc1cnc(Cl)c(Cl)c1. The van der Waals surface area contributed by atoms with Gasteiger partial charge in [-0.25, -0.2) is 4.98 Å². The molecule has 64 valence electrons. The van der Waals surface area contributed by atoms with Crippen molar-refractivity contribution < 1.29 is 0 Å². The summed E-state index contributed by atoms with van der Waals surface area (Å²) in [6.07, 6.45) is 5.46. The Morgan fingerprint density at radius 3 is 2.83 bits per heavy atom. The normalized spacial score (nSPS) is 10.9. The van der Waals surface area contributed by atoms with E-state index in [4.69, 9.17) is 23.2 Å². The highest BCUT2D eigenvalue weighted by Gasteiger charge is 1.97. The molecule has 1 nitrogen and oxygen atoms in total. The van der Waals surface area contributed by atoms with Gasteiger partial charge in [-0.3, -0.25) is 0 Å². The largest absolute Gasteiger partial charge is 0.242 e. The molecule has 0 saturated heterocycles. The zero-order valence-corrected chi connectivity index (χ0v) is 8.57. The topological polar surface area (TPSA) is 12.9 Å². The summed E-state index contributed by atoms with van der Waals surface area (Å²) >= 11 is 15.4. The molecule has 0 radical (unpaired) electrons. The molecule has 0 unspecified atom stereocenters. The van der Waals surface area contributed by atoms with E-state index in [2.05, 4.69) is 17.6 Å². The fraction of sp³-hybridized carbons (Fsp3) is 0.125. The number of thiol groups is 1. The van der Waals surface area contributed by atoms with Crippen molar-refractivity contribution in [3.8, 4) is 0 Å². The predicted molar refractivity (Wildman–Crippen MR) is 57.1 cm³/mol. The summed E-state index contributed by atoms with van der Waals surface area (Å²) in [4.78, 5) is 3.89. The number of rotatable bonds is 2. The van der Waals surface area contributed by atoms with Gasteiger partial charge in [0.05, 0.1) is 5.02 Å². The number of nitrogens with zero attached hydrogens (tertiary/aromatic N) is 1. The molecular formula is C8H7Cl2NS. The molecule has 1 aromatic rings. The first-order valence-corrected chi connectivity index (χ1v) is 4.71. The molecule has 0 aliphatic carbocycles. The number of halogens is 2. The molecule has 0 amide bonds. The van der Waals surface area contributed by atoms with Gasteiger partial charge < -0.3 is 0 Å². The number of aromatic nitrogens is 1. The average molecular weight is 220 g/mol. The minimum absolute atomic E-state index is 0.333. The summed E-state index contributed by atoms with van der Waals surface area (Å²) in [7, 11) is 0. The molecule has 0 fully saturated rings. The highest BCUT2D eigenvalue weighted by Crippen LogP contribution is 2.20. The second-order valence-corrected chi connectivity index (χ2v) is 3.26. The first-order valence-electron chi connectivity index (χ1n) is 3.32. The summed E-state index contributed by atoms with van der Waals surface area (Å²) in [5.74, 6) is 0.695.